The molecule has 1 N–H and O–H groups in total. The molecule has 2 heterocycles. The highest BCUT2D eigenvalue weighted by Gasteiger charge is 2.14. The van der Waals surface area contributed by atoms with E-state index < -0.39 is 0 Å². The molecule has 3 rings (SSSR count). The van der Waals surface area contributed by atoms with Gasteiger partial charge in [-0.1, -0.05) is 36.8 Å². The van der Waals surface area contributed by atoms with Crippen molar-refractivity contribution in [3.8, 4) is 11.3 Å². The van der Waals surface area contributed by atoms with Crippen LogP contribution in [0.4, 0.5) is 5.13 Å². The third-order valence-corrected chi connectivity index (χ3v) is 5.57. The minimum atomic E-state index is -0.0924. The molecular weight excluding hydrogens is 324 g/mol. The predicted molar refractivity (Wildman–Crippen MR) is 98.7 cm³/mol. The van der Waals surface area contributed by atoms with Crippen molar-refractivity contribution in [2.75, 3.05) is 5.32 Å². The van der Waals surface area contributed by atoms with E-state index in [1.807, 2.05) is 18.4 Å². The van der Waals surface area contributed by atoms with Gasteiger partial charge in [0.15, 0.2) is 5.13 Å². The van der Waals surface area contributed by atoms with Crippen LogP contribution in [0.1, 0.15) is 32.6 Å². The van der Waals surface area contributed by atoms with E-state index in [0.29, 0.717) is 10.7 Å². The summed E-state index contributed by atoms with van der Waals surface area (Å²) < 4.78 is 0. The molecule has 0 saturated carbocycles. The first-order valence-electron chi connectivity index (χ1n) is 7.50. The molecular formula is C18H18N2OS2. The van der Waals surface area contributed by atoms with Gasteiger partial charge >= 0.3 is 0 Å². The molecule has 118 valence electrons. The van der Waals surface area contributed by atoms with Crippen LogP contribution in [0.15, 0.2) is 35.7 Å². The molecule has 23 heavy (non-hydrogen) atoms. The van der Waals surface area contributed by atoms with Crippen LogP contribution in [0.3, 0.4) is 0 Å². The molecule has 0 fully saturated rings. The second-order valence-electron chi connectivity index (χ2n) is 5.40. The van der Waals surface area contributed by atoms with Gasteiger partial charge in [0.1, 0.15) is 0 Å². The minimum absolute atomic E-state index is 0.0924. The Hall–Kier alpha value is -1.98. The maximum atomic E-state index is 12.3. The van der Waals surface area contributed by atoms with Crippen LogP contribution >= 0.6 is 22.7 Å². The summed E-state index contributed by atoms with van der Waals surface area (Å²) in [5, 5.41) is 5.46. The summed E-state index contributed by atoms with van der Waals surface area (Å²) in [7, 11) is 0. The second-order valence-corrected chi connectivity index (χ2v) is 7.60. The van der Waals surface area contributed by atoms with Crippen molar-refractivity contribution >= 4 is 33.7 Å². The van der Waals surface area contributed by atoms with Crippen LogP contribution in [-0.2, 0) is 6.42 Å². The Labute approximate surface area is 144 Å². The van der Waals surface area contributed by atoms with E-state index in [2.05, 4.69) is 48.4 Å². The highest BCUT2D eigenvalue weighted by Crippen LogP contribution is 2.31. The lowest BCUT2D eigenvalue weighted by atomic mass is 10.1. The fraction of sp³-hybridized carbons (Fsp3) is 0.222. The number of nitrogens with zero attached hydrogens (tertiary/aromatic N) is 1. The van der Waals surface area contributed by atoms with E-state index in [0.717, 1.165) is 22.6 Å². The number of carbonyl (C=O) groups excluding carboxylic acids is 1. The lowest BCUT2D eigenvalue weighted by Gasteiger charge is -2.00. The lowest BCUT2D eigenvalue weighted by Crippen LogP contribution is -2.10. The van der Waals surface area contributed by atoms with Gasteiger partial charge < -0.3 is 0 Å². The van der Waals surface area contributed by atoms with Crippen molar-refractivity contribution in [2.45, 2.75) is 27.2 Å². The maximum absolute atomic E-state index is 12.3. The largest absolute Gasteiger partial charge is 0.298 e. The number of hydrogen-bond donors (Lipinski definition) is 1. The first-order valence-corrected chi connectivity index (χ1v) is 9.19. The zero-order valence-corrected chi connectivity index (χ0v) is 15.0. The Morgan fingerprint density at radius 2 is 1.96 bits per heavy atom. The summed E-state index contributed by atoms with van der Waals surface area (Å²) in [6, 6.07) is 10.2. The number of rotatable bonds is 4. The molecule has 0 aliphatic rings. The molecule has 0 unspecified atom stereocenters. The quantitative estimate of drug-likeness (QED) is 0.699. The van der Waals surface area contributed by atoms with Gasteiger partial charge in [0, 0.05) is 20.7 Å². The van der Waals surface area contributed by atoms with Crippen LogP contribution in [-0.4, -0.2) is 10.9 Å². The molecule has 0 aliphatic carbocycles. The summed E-state index contributed by atoms with van der Waals surface area (Å²) in [6.07, 6.45) is 0.950. The third-order valence-electron chi connectivity index (χ3n) is 3.61. The number of amides is 1. The van der Waals surface area contributed by atoms with Gasteiger partial charge in [-0.05, 0) is 26.3 Å². The number of nitrogens with one attached hydrogen (secondary N) is 1. The van der Waals surface area contributed by atoms with E-state index in [9.17, 15) is 4.79 Å². The van der Waals surface area contributed by atoms with E-state index in [-0.39, 0.29) is 5.91 Å². The van der Waals surface area contributed by atoms with Crippen molar-refractivity contribution in [3.63, 3.8) is 0 Å². The lowest BCUT2D eigenvalue weighted by molar-refractivity contribution is 0.102. The number of hydrogen-bond acceptors (Lipinski definition) is 4. The Balaban J connectivity index is 1.80. The predicted octanol–water partition coefficient (Wildman–Crippen LogP) is 5.30. The van der Waals surface area contributed by atoms with Gasteiger partial charge in [0.2, 0.25) is 0 Å². The number of aromatic nitrogens is 1. The fourth-order valence-electron chi connectivity index (χ4n) is 2.28. The van der Waals surface area contributed by atoms with E-state index in [4.69, 9.17) is 0 Å². The number of thiophene rings is 1. The molecule has 0 atom stereocenters. The third kappa shape index (κ3) is 3.51. The Morgan fingerprint density at radius 3 is 2.61 bits per heavy atom. The fourth-order valence-corrected chi connectivity index (χ4v) is 3.93. The van der Waals surface area contributed by atoms with Crippen LogP contribution in [0.2, 0.25) is 0 Å². The maximum Gasteiger partial charge on any atom is 0.258 e. The summed E-state index contributed by atoms with van der Waals surface area (Å²) >= 11 is 3.13. The SMILES string of the molecule is CCc1cc(C(=O)Nc2nc(-c3ccc(C)cc3)c(C)s2)cs1. The average Bonchev–Trinajstić information content (AvgIpc) is 3.15. The summed E-state index contributed by atoms with van der Waals surface area (Å²) in [5.41, 5.74) is 3.94. The molecule has 0 saturated heterocycles. The zero-order chi connectivity index (χ0) is 16.4. The van der Waals surface area contributed by atoms with E-state index in [1.165, 1.54) is 21.8 Å². The molecule has 0 spiro atoms. The number of carbonyl (C=O) groups is 1. The van der Waals surface area contributed by atoms with Crippen molar-refractivity contribution in [1.29, 1.82) is 0 Å². The standard InChI is InChI=1S/C18H18N2OS2/c1-4-15-9-14(10-22-15)17(21)20-18-19-16(12(3)23-18)13-7-5-11(2)6-8-13/h5-10H,4H2,1-3H3,(H,19,20,21). The van der Waals surface area contributed by atoms with Crippen LogP contribution in [0, 0.1) is 13.8 Å². The molecule has 3 aromatic rings. The Morgan fingerprint density at radius 1 is 1.22 bits per heavy atom. The van der Waals surface area contributed by atoms with Gasteiger partial charge in [-0.25, -0.2) is 4.98 Å². The smallest absolute Gasteiger partial charge is 0.258 e. The van der Waals surface area contributed by atoms with Crippen molar-refractivity contribution in [2.24, 2.45) is 0 Å². The molecule has 0 aliphatic heterocycles. The first-order chi connectivity index (χ1) is 11.1. The van der Waals surface area contributed by atoms with Gasteiger partial charge in [-0.3, -0.25) is 10.1 Å². The molecule has 3 nitrogen and oxygen atoms in total. The number of anilines is 1. The second kappa shape index (κ2) is 6.64. The van der Waals surface area contributed by atoms with Crippen molar-refractivity contribution in [1.82, 2.24) is 4.98 Å². The Kier molecular flexibility index (Phi) is 4.59. The van der Waals surface area contributed by atoms with Crippen LogP contribution in [0.5, 0.6) is 0 Å². The Bertz CT molecular complexity index is 831. The minimum Gasteiger partial charge on any atom is -0.298 e. The monoisotopic (exact) mass is 342 g/mol. The molecule has 1 amide bonds. The molecule has 0 bridgehead atoms. The van der Waals surface area contributed by atoms with E-state index >= 15 is 0 Å². The summed E-state index contributed by atoms with van der Waals surface area (Å²) in [5.74, 6) is -0.0924. The van der Waals surface area contributed by atoms with Crippen molar-refractivity contribution < 1.29 is 4.79 Å². The molecule has 2 aromatic heterocycles. The first kappa shape index (κ1) is 15.9. The normalized spacial score (nSPS) is 10.7. The average molecular weight is 342 g/mol. The van der Waals surface area contributed by atoms with Gasteiger partial charge in [0.25, 0.3) is 5.91 Å². The molecule has 0 radical (unpaired) electrons. The number of thiazole rings is 1. The molecule has 1 aromatic carbocycles. The summed E-state index contributed by atoms with van der Waals surface area (Å²) in [4.78, 5) is 19.2. The number of aryl methyl sites for hydroxylation is 3. The highest BCUT2D eigenvalue weighted by molar-refractivity contribution is 7.16. The van der Waals surface area contributed by atoms with Gasteiger partial charge in [0.05, 0.1) is 11.3 Å². The van der Waals surface area contributed by atoms with Crippen LogP contribution in [0.25, 0.3) is 11.3 Å². The topological polar surface area (TPSA) is 42.0 Å². The van der Waals surface area contributed by atoms with Crippen LogP contribution < -0.4 is 5.32 Å². The zero-order valence-electron chi connectivity index (χ0n) is 13.3. The van der Waals surface area contributed by atoms with Crippen molar-refractivity contribution in [3.05, 3.63) is 56.6 Å². The van der Waals surface area contributed by atoms with Gasteiger partial charge in [-0.2, -0.15) is 0 Å². The number of benzene rings is 1. The van der Waals surface area contributed by atoms with E-state index in [1.54, 1.807) is 11.3 Å². The molecule has 5 heteroatoms. The highest BCUT2D eigenvalue weighted by atomic mass is 32.1. The van der Waals surface area contributed by atoms with Gasteiger partial charge in [-0.15, -0.1) is 22.7 Å². The summed E-state index contributed by atoms with van der Waals surface area (Å²) in [6.45, 7) is 6.18.